The second kappa shape index (κ2) is 5.31. The molecule has 0 N–H and O–H groups in total. The van der Waals surface area contributed by atoms with Gasteiger partial charge >= 0.3 is 0 Å². The standard InChI is InChI=1S/C20H15P/c1-3-7-17-13-19(11-9-15(17)5-1)21-20-12-10-16-6-2-4-8-18(16)14-20/h1-14,21H. The normalized spacial score (nSPS) is 11.0. The van der Waals surface area contributed by atoms with E-state index in [2.05, 4.69) is 84.9 Å². The first-order valence-corrected chi connectivity index (χ1v) is 8.13. The van der Waals surface area contributed by atoms with E-state index in [1.54, 1.807) is 0 Å². The molecule has 4 aromatic rings. The summed E-state index contributed by atoms with van der Waals surface area (Å²) in [5.41, 5.74) is 0. The van der Waals surface area contributed by atoms with Crippen LogP contribution in [-0.4, -0.2) is 0 Å². The van der Waals surface area contributed by atoms with E-state index in [0.717, 1.165) is 0 Å². The zero-order valence-corrected chi connectivity index (χ0v) is 12.6. The monoisotopic (exact) mass is 286 g/mol. The zero-order chi connectivity index (χ0) is 14.1. The van der Waals surface area contributed by atoms with E-state index in [9.17, 15) is 0 Å². The first kappa shape index (κ1) is 12.6. The van der Waals surface area contributed by atoms with Crippen molar-refractivity contribution in [3.63, 3.8) is 0 Å². The summed E-state index contributed by atoms with van der Waals surface area (Å²) in [5, 5.41) is 8.05. The summed E-state index contributed by atoms with van der Waals surface area (Å²) in [7, 11) is 0.703. The van der Waals surface area contributed by atoms with E-state index in [1.165, 1.54) is 32.2 Å². The summed E-state index contributed by atoms with van der Waals surface area (Å²) in [5.74, 6) is 0. The van der Waals surface area contributed by atoms with Crippen molar-refractivity contribution in [1.29, 1.82) is 0 Å². The first-order valence-electron chi connectivity index (χ1n) is 7.13. The van der Waals surface area contributed by atoms with Crippen LogP contribution < -0.4 is 10.6 Å². The van der Waals surface area contributed by atoms with Crippen molar-refractivity contribution < 1.29 is 0 Å². The van der Waals surface area contributed by atoms with Crippen molar-refractivity contribution >= 4 is 40.7 Å². The fourth-order valence-corrected chi connectivity index (χ4v) is 3.82. The molecular weight excluding hydrogens is 271 g/mol. The van der Waals surface area contributed by atoms with Gasteiger partial charge in [0.05, 0.1) is 0 Å². The maximum Gasteiger partial charge on any atom is -0.0178 e. The topological polar surface area (TPSA) is 0 Å². The number of hydrogen-bond donors (Lipinski definition) is 0. The van der Waals surface area contributed by atoms with Crippen LogP contribution in [0, 0.1) is 0 Å². The van der Waals surface area contributed by atoms with Crippen LogP contribution in [0.3, 0.4) is 0 Å². The Morgan fingerprint density at radius 1 is 0.429 bits per heavy atom. The van der Waals surface area contributed by atoms with Crippen LogP contribution in [0.4, 0.5) is 0 Å². The van der Waals surface area contributed by atoms with Gasteiger partial charge in [0, 0.05) is 0 Å². The summed E-state index contributed by atoms with van der Waals surface area (Å²) in [6.07, 6.45) is 0. The van der Waals surface area contributed by atoms with Gasteiger partial charge in [0.15, 0.2) is 0 Å². The van der Waals surface area contributed by atoms with Gasteiger partial charge < -0.3 is 0 Å². The highest BCUT2D eigenvalue weighted by Crippen LogP contribution is 2.19. The summed E-state index contributed by atoms with van der Waals surface area (Å²) < 4.78 is 0. The lowest BCUT2D eigenvalue weighted by Crippen LogP contribution is -2.02. The molecule has 0 fully saturated rings. The Morgan fingerprint density at radius 2 is 0.857 bits per heavy atom. The van der Waals surface area contributed by atoms with Crippen LogP contribution in [0.2, 0.25) is 0 Å². The third-order valence-corrected chi connectivity index (χ3v) is 4.99. The maximum atomic E-state index is 2.31. The summed E-state index contributed by atoms with van der Waals surface area (Å²) in [6, 6.07) is 30.6. The lowest BCUT2D eigenvalue weighted by Gasteiger charge is -2.06. The maximum absolute atomic E-state index is 2.31. The molecule has 0 saturated carbocycles. The van der Waals surface area contributed by atoms with E-state index in [4.69, 9.17) is 0 Å². The molecule has 0 amide bonds. The highest BCUT2D eigenvalue weighted by Gasteiger charge is 2.00. The van der Waals surface area contributed by atoms with Crippen LogP contribution in [0.5, 0.6) is 0 Å². The number of benzene rings is 4. The highest BCUT2D eigenvalue weighted by atomic mass is 31.1. The highest BCUT2D eigenvalue weighted by molar-refractivity contribution is 7.55. The fourth-order valence-electron chi connectivity index (χ4n) is 2.70. The summed E-state index contributed by atoms with van der Waals surface area (Å²) >= 11 is 0. The number of fused-ring (bicyclic) bond motifs is 2. The van der Waals surface area contributed by atoms with Crippen LogP contribution in [0.1, 0.15) is 0 Å². The number of rotatable bonds is 2. The van der Waals surface area contributed by atoms with Gasteiger partial charge in [-0.1, -0.05) is 81.4 Å². The third kappa shape index (κ3) is 2.55. The van der Waals surface area contributed by atoms with Gasteiger partial charge in [0.25, 0.3) is 0 Å². The minimum Gasteiger partial charge on any atom is -0.0616 e. The van der Waals surface area contributed by atoms with Gasteiger partial charge in [0.1, 0.15) is 0 Å². The van der Waals surface area contributed by atoms with Crippen molar-refractivity contribution in [2.45, 2.75) is 0 Å². The molecule has 0 aliphatic rings. The molecule has 100 valence electrons. The van der Waals surface area contributed by atoms with Gasteiger partial charge in [-0.05, 0) is 44.3 Å². The molecule has 21 heavy (non-hydrogen) atoms. The van der Waals surface area contributed by atoms with Gasteiger partial charge in [-0.25, -0.2) is 0 Å². The fraction of sp³-hybridized carbons (Fsp3) is 0. The summed E-state index contributed by atoms with van der Waals surface area (Å²) in [4.78, 5) is 0. The molecule has 0 bridgehead atoms. The molecular formula is C20H15P. The molecule has 4 aromatic carbocycles. The van der Waals surface area contributed by atoms with Gasteiger partial charge in [-0.2, -0.15) is 0 Å². The Labute approximate surface area is 126 Å². The molecule has 0 saturated heterocycles. The Bertz CT molecular complexity index is 847. The predicted octanol–water partition coefficient (Wildman–Crippen LogP) is 4.62. The lowest BCUT2D eigenvalue weighted by atomic mass is 10.1. The van der Waals surface area contributed by atoms with E-state index < -0.39 is 0 Å². The molecule has 0 radical (unpaired) electrons. The quantitative estimate of drug-likeness (QED) is 0.472. The molecule has 0 aromatic heterocycles. The molecule has 0 aliphatic carbocycles. The van der Waals surface area contributed by atoms with Gasteiger partial charge in [-0.3, -0.25) is 0 Å². The van der Waals surface area contributed by atoms with Crippen molar-refractivity contribution in [3.05, 3.63) is 84.9 Å². The van der Waals surface area contributed by atoms with E-state index >= 15 is 0 Å². The summed E-state index contributed by atoms with van der Waals surface area (Å²) in [6.45, 7) is 0. The van der Waals surface area contributed by atoms with Crippen molar-refractivity contribution in [2.75, 3.05) is 0 Å². The number of hydrogen-bond acceptors (Lipinski definition) is 0. The molecule has 4 rings (SSSR count). The van der Waals surface area contributed by atoms with E-state index in [-0.39, 0.29) is 0 Å². The Kier molecular flexibility index (Phi) is 3.18. The van der Waals surface area contributed by atoms with Crippen molar-refractivity contribution in [2.24, 2.45) is 0 Å². The van der Waals surface area contributed by atoms with Gasteiger partial charge in [0.2, 0.25) is 0 Å². The largest absolute Gasteiger partial charge is 0.0616 e. The average molecular weight is 286 g/mol. The van der Waals surface area contributed by atoms with Gasteiger partial charge in [-0.15, -0.1) is 0 Å². The molecule has 0 aliphatic heterocycles. The smallest absolute Gasteiger partial charge is 0.0178 e. The second-order valence-electron chi connectivity index (χ2n) is 5.25. The minimum absolute atomic E-state index is 0.703. The minimum atomic E-state index is 0.703. The van der Waals surface area contributed by atoms with Crippen molar-refractivity contribution in [3.8, 4) is 0 Å². The molecule has 1 heteroatoms. The van der Waals surface area contributed by atoms with E-state index in [1.807, 2.05) is 0 Å². The Hall–Kier alpha value is -2.17. The van der Waals surface area contributed by atoms with Crippen LogP contribution in [-0.2, 0) is 0 Å². The molecule has 0 heterocycles. The van der Waals surface area contributed by atoms with Crippen molar-refractivity contribution in [1.82, 2.24) is 0 Å². The average Bonchev–Trinajstić information content (AvgIpc) is 2.55. The Morgan fingerprint density at radius 3 is 1.33 bits per heavy atom. The lowest BCUT2D eigenvalue weighted by molar-refractivity contribution is 1.78. The molecule has 0 spiro atoms. The molecule has 0 atom stereocenters. The molecule has 0 unspecified atom stereocenters. The van der Waals surface area contributed by atoms with Crippen LogP contribution in [0.15, 0.2) is 84.9 Å². The van der Waals surface area contributed by atoms with E-state index in [0.29, 0.717) is 8.58 Å². The Balaban J connectivity index is 1.71. The molecule has 0 nitrogen and oxygen atoms in total. The van der Waals surface area contributed by atoms with Crippen LogP contribution in [0.25, 0.3) is 21.5 Å². The SMILES string of the molecule is c1ccc2cc(Pc3ccc4ccccc4c3)ccc2c1. The third-order valence-electron chi connectivity index (χ3n) is 3.79. The second-order valence-corrected chi connectivity index (χ2v) is 6.65. The van der Waals surface area contributed by atoms with Crippen LogP contribution >= 0.6 is 8.58 Å². The predicted molar refractivity (Wildman–Crippen MR) is 95.5 cm³/mol. The first-order chi connectivity index (χ1) is 10.4. The zero-order valence-electron chi connectivity index (χ0n) is 11.6.